The molecule has 9 heteroatoms. The molecule has 0 saturated carbocycles. The highest BCUT2D eigenvalue weighted by Crippen LogP contribution is 2.37. The molecule has 0 radical (unpaired) electrons. The Kier molecular flexibility index (Phi) is 5.51. The maximum absolute atomic E-state index is 10.6. The number of hydrogen-bond acceptors (Lipinski definition) is 9. The van der Waals surface area contributed by atoms with E-state index in [1.165, 1.54) is 24.7 Å². The van der Waals surface area contributed by atoms with E-state index >= 15 is 0 Å². The molecule has 0 amide bonds. The van der Waals surface area contributed by atoms with Gasteiger partial charge in [-0.3, -0.25) is 0 Å². The van der Waals surface area contributed by atoms with E-state index in [0.717, 1.165) is 30.8 Å². The fourth-order valence-corrected chi connectivity index (χ4v) is 5.84. The average Bonchev–Trinajstić information content (AvgIpc) is 3.32. The van der Waals surface area contributed by atoms with Crippen molar-refractivity contribution in [3.8, 4) is 6.07 Å². The van der Waals surface area contributed by atoms with E-state index in [9.17, 15) is 10.4 Å². The molecular weight excluding hydrogens is 452 g/mol. The Bertz CT molecular complexity index is 1320. The lowest BCUT2D eigenvalue weighted by atomic mass is 10.0. The zero-order valence-electron chi connectivity index (χ0n) is 20.6. The van der Waals surface area contributed by atoms with Gasteiger partial charge in [0.15, 0.2) is 5.82 Å². The summed E-state index contributed by atoms with van der Waals surface area (Å²) < 4.78 is 0. The maximum Gasteiger partial charge on any atom is 0.229 e. The summed E-state index contributed by atoms with van der Waals surface area (Å²) in [5.41, 5.74) is 3.22. The zero-order chi connectivity index (χ0) is 24.9. The van der Waals surface area contributed by atoms with Crippen LogP contribution in [0.5, 0.6) is 0 Å². The number of nitriles is 1. The zero-order valence-corrected chi connectivity index (χ0v) is 20.6. The van der Waals surface area contributed by atoms with E-state index in [1.54, 1.807) is 6.92 Å². The minimum atomic E-state index is -0.945. The van der Waals surface area contributed by atoms with Crippen molar-refractivity contribution in [3.63, 3.8) is 0 Å². The molecule has 1 aliphatic carbocycles. The topological polar surface area (TPSA) is 113 Å². The monoisotopic (exact) mass is 482 g/mol. The minimum Gasteiger partial charge on any atom is -0.384 e. The van der Waals surface area contributed by atoms with Gasteiger partial charge in [-0.05, 0) is 75.5 Å². The van der Waals surface area contributed by atoms with Crippen molar-refractivity contribution in [2.24, 2.45) is 0 Å². The Morgan fingerprint density at radius 2 is 1.81 bits per heavy atom. The summed E-state index contributed by atoms with van der Waals surface area (Å²) in [5.74, 6) is 1.28. The predicted octanol–water partition coefficient (Wildman–Crippen LogP) is 3.67. The molecule has 184 valence electrons. The lowest BCUT2D eigenvalue weighted by Crippen LogP contribution is -2.52. The molecule has 3 aromatic rings. The van der Waals surface area contributed by atoms with Crippen LogP contribution in [-0.2, 0) is 12.0 Å². The molecule has 9 nitrogen and oxygen atoms in total. The van der Waals surface area contributed by atoms with Crippen molar-refractivity contribution in [2.75, 3.05) is 35.7 Å². The van der Waals surface area contributed by atoms with Crippen LogP contribution in [0.2, 0.25) is 0 Å². The predicted molar refractivity (Wildman–Crippen MR) is 139 cm³/mol. The number of anilines is 5. The van der Waals surface area contributed by atoms with Crippen LogP contribution in [0.15, 0.2) is 42.6 Å². The van der Waals surface area contributed by atoms with E-state index in [2.05, 4.69) is 60.6 Å². The summed E-state index contributed by atoms with van der Waals surface area (Å²) in [5, 5.41) is 26.6. The molecule has 2 aromatic heterocycles. The van der Waals surface area contributed by atoms with E-state index < -0.39 is 5.60 Å². The molecule has 36 heavy (non-hydrogen) atoms. The number of aromatic nitrogens is 3. The molecule has 3 aliphatic rings. The second-order valence-electron chi connectivity index (χ2n) is 10.4. The van der Waals surface area contributed by atoms with Crippen LogP contribution in [0.1, 0.15) is 43.0 Å². The van der Waals surface area contributed by atoms with Crippen molar-refractivity contribution >= 4 is 29.0 Å². The summed E-state index contributed by atoms with van der Waals surface area (Å²) in [7, 11) is 2.21. The van der Waals surface area contributed by atoms with Crippen LogP contribution in [0.3, 0.4) is 0 Å². The largest absolute Gasteiger partial charge is 0.384 e. The molecule has 2 fully saturated rings. The number of nitrogens with one attached hydrogen (secondary N) is 2. The van der Waals surface area contributed by atoms with Gasteiger partial charge in [0, 0.05) is 36.5 Å². The van der Waals surface area contributed by atoms with Gasteiger partial charge in [-0.2, -0.15) is 10.2 Å². The van der Waals surface area contributed by atoms with Gasteiger partial charge in [-0.25, -0.2) is 9.97 Å². The van der Waals surface area contributed by atoms with Crippen molar-refractivity contribution in [3.05, 3.63) is 59.4 Å². The van der Waals surface area contributed by atoms with E-state index in [4.69, 9.17) is 0 Å². The fourth-order valence-electron chi connectivity index (χ4n) is 5.84. The van der Waals surface area contributed by atoms with E-state index in [0.29, 0.717) is 47.3 Å². The molecule has 2 saturated heterocycles. The van der Waals surface area contributed by atoms with E-state index in [1.807, 2.05) is 24.3 Å². The standard InChI is InChI=1S/C27H30N8O/c1-27(36)12-11-17-3-10-23(31-24(17)27)32-25-18(13-28)14-29-26(33-25)30-19-4-6-20(7-5-19)35-21-8-9-22(35)16-34(2)15-21/h3-7,10,14,21-22,36H,8-9,11-12,15-16H2,1-2H3,(H2,29,30,31,32,33). The molecule has 4 heterocycles. The van der Waals surface area contributed by atoms with Crippen LogP contribution >= 0.6 is 0 Å². The number of pyridine rings is 1. The van der Waals surface area contributed by atoms with Gasteiger partial charge in [0.1, 0.15) is 23.1 Å². The van der Waals surface area contributed by atoms with Gasteiger partial charge >= 0.3 is 0 Å². The summed E-state index contributed by atoms with van der Waals surface area (Å²) >= 11 is 0. The number of aliphatic hydroxyl groups is 1. The smallest absolute Gasteiger partial charge is 0.229 e. The molecule has 0 spiro atoms. The van der Waals surface area contributed by atoms with E-state index in [-0.39, 0.29) is 0 Å². The first-order valence-corrected chi connectivity index (χ1v) is 12.5. The summed E-state index contributed by atoms with van der Waals surface area (Å²) in [6.07, 6.45) is 5.45. The number of likely N-dealkylation sites (N-methyl/N-ethyl adjacent to an activating group) is 1. The van der Waals surface area contributed by atoms with Crippen LogP contribution in [0.4, 0.5) is 29.0 Å². The number of rotatable bonds is 5. The molecular formula is C27H30N8O. The first-order valence-electron chi connectivity index (χ1n) is 12.5. The summed E-state index contributed by atoms with van der Waals surface area (Å²) in [4.78, 5) is 18.5. The Morgan fingerprint density at radius 3 is 2.53 bits per heavy atom. The lowest BCUT2D eigenvalue weighted by Gasteiger charge is -2.41. The Balaban J connectivity index is 1.20. The quantitative estimate of drug-likeness (QED) is 0.501. The molecule has 2 aliphatic heterocycles. The average molecular weight is 483 g/mol. The number of aryl methyl sites for hydroxylation is 1. The van der Waals surface area contributed by atoms with Crippen LogP contribution in [0, 0.1) is 11.3 Å². The van der Waals surface area contributed by atoms with Gasteiger partial charge in [0.05, 0.1) is 11.9 Å². The third-order valence-electron chi connectivity index (χ3n) is 7.61. The van der Waals surface area contributed by atoms with Crippen molar-refractivity contribution in [1.82, 2.24) is 19.9 Å². The first-order chi connectivity index (χ1) is 17.4. The SMILES string of the molecule is CN1CC2CCC(C1)N2c1ccc(Nc2ncc(C#N)c(Nc3ccc4c(n3)C(C)(O)CC4)n2)cc1. The molecule has 3 unspecified atom stereocenters. The van der Waals surface area contributed by atoms with Crippen molar-refractivity contribution in [1.29, 1.82) is 5.26 Å². The number of likely N-dealkylation sites (tertiary alicyclic amines) is 1. The van der Waals surface area contributed by atoms with Crippen LogP contribution < -0.4 is 15.5 Å². The second kappa shape index (κ2) is 8.73. The van der Waals surface area contributed by atoms with Crippen molar-refractivity contribution < 1.29 is 5.11 Å². The lowest BCUT2D eigenvalue weighted by molar-refractivity contribution is 0.0555. The summed E-state index contributed by atoms with van der Waals surface area (Å²) in [6.45, 7) is 4.01. The van der Waals surface area contributed by atoms with Gasteiger partial charge in [0.2, 0.25) is 5.95 Å². The number of nitrogens with zero attached hydrogens (tertiary/aromatic N) is 6. The number of fused-ring (bicyclic) bond motifs is 3. The van der Waals surface area contributed by atoms with Crippen LogP contribution in [-0.4, -0.2) is 57.2 Å². The maximum atomic E-state index is 10.6. The Hall–Kier alpha value is -3.74. The number of benzene rings is 1. The first kappa shape index (κ1) is 22.7. The third-order valence-corrected chi connectivity index (χ3v) is 7.61. The van der Waals surface area contributed by atoms with Crippen LogP contribution in [0.25, 0.3) is 0 Å². The van der Waals surface area contributed by atoms with Gasteiger partial charge < -0.3 is 25.5 Å². The highest BCUT2D eigenvalue weighted by Gasteiger charge is 2.38. The molecule has 3 atom stereocenters. The highest BCUT2D eigenvalue weighted by atomic mass is 16.3. The molecule has 3 N–H and O–H groups in total. The van der Waals surface area contributed by atoms with Gasteiger partial charge in [-0.15, -0.1) is 0 Å². The molecule has 2 bridgehead atoms. The Morgan fingerprint density at radius 1 is 1.06 bits per heavy atom. The number of hydrogen-bond donors (Lipinski definition) is 3. The summed E-state index contributed by atoms with van der Waals surface area (Å²) in [6, 6.07) is 15.5. The van der Waals surface area contributed by atoms with Crippen molar-refractivity contribution in [2.45, 2.75) is 50.3 Å². The Labute approximate surface area is 210 Å². The fraction of sp³-hybridized carbons (Fsp3) is 0.407. The highest BCUT2D eigenvalue weighted by molar-refractivity contribution is 5.65. The number of piperazine rings is 1. The molecule has 1 aromatic carbocycles. The normalized spacial score (nSPS) is 24.9. The molecule has 6 rings (SSSR count). The third kappa shape index (κ3) is 4.12. The van der Waals surface area contributed by atoms with Gasteiger partial charge in [-0.1, -0.05) is 6.07 Å². The minimum absolute atomic E-state index is 0.315. The second-order valence-corrected chi connectivity index (χ2v) is 10.4. The van der Waals surface area contributed by atoms with Gasteiger partial charge in [0.25, 0.3) is 0 Å².